The minimum Gasteiger partial charge on any atom is -0.377 e. The Bertz CT molecular complexity index is 462. The number of nitrogens with one attached hydrogen (secondary N) is 1. The highest BCUT2D eigenvalue weighted by Gasteiger charge is 2.25. The standard InChI is InChI=1S/C16H28N4O3/c1-2-4-15-17-16(19-18-15)14-11-20(7-10-23-14)6-9-21-12-13-5-3-8-22-13/h13-14H,2-12H2,1H3,(H,17,18,19)/t13-,14-/m1/s1. The molecule has 130 valence electrons. The average Bonchev–Trinajstić information content (AvgIpc) is 3.24. The van der Waals surface area contributed by atoms with Gasteiger partial charge in [0.25, 0.3) is 0 Å². The van der Waals surface area contributed by atoms with Crippen LogP contribution in [0, 0.1) is 0 Å². The number of hydrogen-bond donors (Lipinski definition) is 1. The maximum absolute atomic E-state index is 5.83. The van der Waals surface area contributed by atoms with Gasteiger partial charge in [0.1, 0.15) is 11.9 Å². The Hall–Kier alpha value is -1.02. The van der Waals surface area contributed by atoms with E-state index < -0.39 is 0 Å². The molecule has 1 aromatic heterocycles. The van der Waals surface area contributed by atoms with E-state index in [0.717, 1.165) is 76.8 Å². The van der Waals surface area contributed by atoms with Gasteiger partial charge in [-0.2, -0.15) is 5.10 Å². The number of rotatable bonds is 8. The van der Waals surface area contributed by atoms with Crippen LogP contribution in [0.4, 0.5) is 0 Å². The van der Waals surface area contributed by atoms with Gasteiger partial charge in [0.05, 0.1) is 25.9 Å². The summed E-state index contributed by atoms with van der Waals surface area (Å²) >= 11 is 0. The fourth-order valence-corrected chi connectivity index (χ4v) is 3.05. The van der Waals surface area contributed by atoms with Crippen molar-refractivity contribution in [1.82, 2.24) is 20.1 Å². The molecule has 1 N–H and O–H groups in total. The first kappa shape index (κ1) is 16.8. The molecule has 2 atom stereocenters. The SMILES string of the molecule is CCCc1nc([C@H]2CN(CCOC[C@H]3CCCO3)CCO2)n[nH]1. The lowest BCUT2D eigenvalue weighted by molar-refractivity contribution is -0.0467. The summed E-state index contributed by atoms with van der Waals surface area (Å²) in [5.41, 5.74) is 0. The van der Waals surface area contributed by atoms with E-state index in [-0.39, 0.29) is 6.10 Å². The molecule has 1 aromatic rings. The van der Waals surface area contributed by atoms with Crippen molar-refractivity contribution in [2.24, 2.45) is 0 Å². The minimum absolute atomic E-state index is 0.0382. The number of aromatic amines is 1. The molecule has 0 aromatic carbocycles. The van der Waals surface area contributed by atoms with E-state index in [4.69, 9.17) is 14.2 Å². The smallest absolute Gasteiger partial charge is 0.180 e. The maximum atomic E-state index is 5.83. The fraction of sp³-hybridized carbons (Fsp3) is 0.875. The van der Waals surface area contributed by atoms with E-state index >= 15 is 0 Å². The lowest BCUT2D eigenvalue weighted by Crippen LogP contribution is -2.40. The van der Waals surface area contributed by atoms with E-state index in [2.05, 4.69) is 27.0 Å². The molecular weight excluding hydrogens is 296 g/mol. The fourth-order valence-electron chi connectivity index (χ4n) is 3.05. The van der Waals surface area contributed by atoms with Crippen molar-refractivity contribution in [2.75, 3.05) is 46.1 Å². The Morgan fingerprint density at radius 1 is 1.35 bits per heavy atom. The summed E-state index contributed by atoms with van der Waals surface area (Å²) < 4.78 is 17.1. The van der Waals surface area contributed by atoms with E-state index in [1.807, 2.05) is 0 Å². The molecule has 0 bridgehead atoms. The summed E-state index contributed by atoms with van der Waals surface area (Å²) in [6, 6.07) is 0. The van der Waals surface area contributed by atoms with Crippen molar-refractivity contribution in [3.05, 3.63) is 11.6 Å². The molecule has 7 nitrogen and oxygen atoms in total. The zero-order valence-electron chi connectivity index (χ0n) is 14.0. The van der Waals surface area contributed by atoms with Gasteiger partial charge in [-0.1, -0.05) is 6.92 Å². The monoisotopic (exact) mass is 324 g/mol. The van der Waals surface area contributed by atoms with Crippen LogP contribution in [0.15, 0.2) is 0 Å². The third-order valence-corrected chi connectivity index (χ3v) is 4.35. The van der Waals surface area contributed by atoms with Crippen LogP contribution >= 0.6 is 0 Å². The number of aromatic nitrogens is 3. The Kier molecular flexibility index (Phi) is 6.38. The van der Waals surface area contributed by atoms with Crippen molar-refractivity contribution >= 4 is 0 Å². The van der Waals surface area contributed by atoms with Gasteiger partial charge in [0.15, 0.2) is 5.82 Å². The molecule has 0 radical (unpaired) electrons. The maximum Gasteiger partial charge on any atom is 0.180 e. The molecule has 3 rings (SSSR count). The van der Waals surface area contributed by atoms with Gasteiger partial charge in [-0.25, -0.2) is 4.98 Å². The first-order valence-electron chi connectivity index (χ1n) is 8.79. The third-order valence-electron chi connectivity index (χ3n) is 4.35. The number of nitrogens with zero attached hydrogens (tertiary/aromatic N) is 3. The molecule has 3 heterocycles. The lowest BCUT2D eigenvalue weighted by Gasteiger charge is -2.31. The number of ether oxygens (including phenoxy) is 3. The first-order chi connectivity index (χ1) is 11.3. The number of hydrogen-bond acceptors (Lipinski definition) is 6. The van der Waals surface area contributed by atoms with Gasteiger partial charge in [-0.05, 0) is 19.3 Å². The predicted molar refractivity (Wildman–Crippen MR) is 85.3 cm³/mol. The highest BCUT2D eigenvalue weighted by Crippen LogP contribution is 2.19. The predicted octanol–water partition coefficient (Wildman–Crippen LogP) is 1.33. The van der Waals surface area contributed by atoms with Gasteiger partial charge in [-0.3, -0.25) is 10.00 Å². The van der Waals surface area contributed by atoms with Crippen LogP contribution in [-0.2, 0) is 20.6 Å². The van der Waals surface area contributed by atoms with Crippen molar-refractivity contribution in [3.63, 3.8) is 0 Å². The third kappa shape index (κ3) is 4.97. The normalized spacial score (nSPS) is 26.0. The van der Waals surface area contributed by atoms with Gasteiger partial charge in [-0.15, -0.1) is 0 Å². The minimum atomic E-state index is -0.0382. The molecule has 0 aliphatic carbocycles. The van der Waals surface area contributed by atoms with Crippen LogP contribution in [-0.4, -0.2) is 72.2 Å². The molecule has 2 aliphatic rings. The Morgan fingerprint density at radius 3 is 3.13 bits per heavy atom. The molecular formula is C16H28N4O3. The highest BCUT2D eigenvalue weighted by atomic mass is 16.5. The second-order valence-corrected chi connectivity index (χ2v) is 6.26. The number of aryl methyl sites for hydroxylation is 1. The van der Waals surface area contributed by atoms with Crippen LogP contribution in [0.5, 0.6) is 0 Å². The number of morpholine rings is 1. The summed E-state index contributed by atoms with van der Waals surface area (Å²) in [4.78, 5) is 6.90. The zero-order chi connectivity index (χ0) is 15.9. The highest BCUT2D eigenvalue weighted by molar-refractivity contribution is 4.96. The summed E-state index contributed by atoms with van der Waals surface area (Å²) in [6.45, 7) is 7.87. The average molecular weight is 324 g/mol. The Labute approximate surface area is 137 Å². The summed E-state index contributed by atoms with van der Waals surface area (Å²) in [5, 5.41) is 7.31. The second-order valence-electron chi connectivity index (χ2n) is 6.26. The zero-order valence-corrected chi connectivity index (χ0v) is 14.0. The van der Waals surface area contributed by atoms with Crippen LogP contribution in [0.3, 0.4) is 0 Å². The molecule has 23 heavy (non-hydrogen) atoms. The molecule has 2 fully saturated rings. The lowest BCUT2D eigenvalue weighted by atomic mass is 10.2. The molecule has 7 heteroatoms. The summed E-state index contributed by atoms with van der Waals surface area (Å²) in [6.07, 6.45) is 4.55. The van der Waals surface area contributed by atoms with E-state index in [0.29, 0.717) is 12.7 Å². The summed E-state index contributed by atoms with van der Waals surface area (Å²) in [7, 11) is 0. The van der Waals surface area contributed by atoms with E-state index in [1.165, 1.54) is 0 Å². The van der Waals surface area contributed by atoms with Crippen LogP contribution < -0.4 is 0 Å². The Morgan fingerprint density at radius 2 is 2.30 bits per heavy atom. The molecule has 0 unspecified atom stereocenters. The first-order valence-corrected chi connectivity index (χ1v) is 8.79. The van der Waals surface area contributed by atoms with Gasteiger partial charge in [0, 0.05) is 32.7 Å². The molecule has 2 saturated heterocycles. The van der Waals surface area contributed by atoms with Crippen LogP contribution in [0.2, 0.25) is 0 Å². The Balaban J connectivity index is 1.38. The van der Waals surface area contributed by atoms with Crippen molar-refractivity contribution in [1.29, 1.82) is 0 Å². The molecule has 0 spiro atoms. The van der Waals surface area contributed by atoms with Gasteiger partial charge in [0.2, 0.25) is 0 Å². The van der Waals surface area contributed by atoms with E-state index in [9.17, 15) is 0 Å². The molecule has 2 aliphatic heterocycles. The quantitative estimate of drug-likeness (QED) is 0.727. The number of H-pyrrole nitrogens is 1. The van der Waals surface area contributed by atoms with E-state index in [1.54, 1.807) is 0 Å². The van der Waals surface area contributed by atoms with Gasteiger partial charge >= 0.3 is 0 Å². The van der Waals surface area contributed by atoms with Crippen molar-refractivity contribution in [3.8, 4) is 0 Å². The van der Waals surface area contributed by atoms with Crippen LogP contribution in [0.1, 0.15) is 43.9 Å². The second kappa shape index (κ2) is 8.73. The topological polar surface area (TPSA) is 72.5 Å². The molecule has 0 saturated carbocycles. The van der Waals surface area contributed by atoms with Crippen molar-refractivity contribution in [2.45, 2.75) is 44.8 Å². The van der Waals surface area contributed by atoms with Crippen LogP contribution in [0.25, 0.3) is 0 Å². The largest absolute Gasteiger partial charge is 0.377 e. The summed E-state index contributed by atoms with van der Waals surface area (Å²) in [5.74, 6) is 1.72. The van der Waals surface area contributed by atoms with Gasteiger partial charge < -0.3 is 14.2 Å². The molecule has 0 amide bonds. The van der Waals surface area contributed by atoms with Crippen molar-refractivity contribution < 1.29 is 14.2 Å².